The summed E-state index contributed by atoms with van der Waals surface area (Å²) < 4.78 is 0. The van der Waals surface area contributed by atoms with Crippen LogP contribution in [0.4, 0.5) is 0 Å². The third-order valence-electron chi connectivity index (χ3n) is 0.777. The molecule has 0 heterocycles. The lowest BCUT2D eigenvalue weighted by Gasteiger charge is -1.87. The lowest BCUT2D eigenvalue weighted by atomic mass is 10.4. The van der Waals surface area contributed by atoms with Crippen molar-refractivity contribution in [3.63, 3.8) is 0 Å². The van der Waals surface area contributed by atoms with Gasteiger partial charge in [-0.2, -0.15) is 0 Å². The Kier molecular flexibility index (Phi) is 2.79. The van der Waals surface area contributed by atoms with Crippen LogP contribution in [0, 0.1) is 10.1 Å². The van der Waals surface area contributed by atoms with E-state index in [0.29, 0.717) is 0 Å². The number of rotatable bonds is 2. The van der Waals surface area contributed by atoms with E-state index in [1.807, 2.05) is 0 Å². The van der Waals surface area contributed by atoms with Crippen LogP contribution in [-0.4, -0.2) is 11.5 Å². The van der Waals surface area contributed by atoms with Crippen molar-refractivity contribution in [3.8, 4) is 0 Å². The second-order valence-corrected chi connectivity index (χ2v) is 1.24. The Morgan fingerprint density at radius 1 is 2.00 bits per heavy atom. The number of allylic oxidation sites excluding steroid dienone is 1. The zero-order valence-corrected chi connectivity index (χ0v) is 4.63. The summed E-state index contributed by atoms with van der Waals surface area (Å²) in [5.74, 6) is 0. The summed E-state index contributed by atoms with van der Waals surface area (Å²) in [6.07, 6.45) is 1.39. The van der Waals surface area contributed by atoms with E-state index in [1.54, 1.807) is 6.92 Å². The molecule has 0 aliphatic rings. The lowest BCUT2D eigenvalue weighted by molar-refractivity contribution is -0.425. The van der Waals surface area contributed by atoms with Crippen molar-refractivity contribution in [2.45, 2.75) is 6.92 Å². The Bertz CT molecular complexity index is 119. The molecule has 0 spiro atoms. The summed E-state index contributed by atoms with van der Waals surface area (Å²) in [7, 11) is 0. The standard InChI is InChI=1S/C4H8N2O2/c1-2-4(3-5)6(7)8/h2H,3,5H2,1H3/b4-2-. The summed E-state index contributed by atoms with van der Waals surface area (Å²) in [5, 5.41) is 9.82. The van der Waals surface area contributed by atoms with E-state index in [-0.39, 0.29) is 12.2 Å². The molecule has 0 aliphatic carbocycles. The molecule has 46 valence electrons. The predicted octanol–water partition coefficient (Wildman–Crippen LogP) is 0.126. The van der Waals surface area contributed by atoms with Gasteiger partial charge in [-0.05, 0) is 13.0 Å². The van der Waals surface area contributed by atoms with Crippen LogP contribution >= 0.6 is 0 Å². The van der Waals surface area contributed by atoms with Crippen LogP contribution in [0.15, 0.2) is 11.8 Å². The molecule has 0 aromatic heterocycles. The minimum Gasteiger partial charge on any atom is -0.321 e. The van der Waals surface area contributed by atoms with Gasteiger partial charge in [-0.3, -0.25) is 10.1 Å². The lowest BCUT2D eigenvalue weighted by Crippen LogP contribution is -2.10. The Labute approximate surface area is 47.1 Å². The van der Waals surface area contributed by atoms with Gasteiger partial charge < -0.3 is 5.73 Å². The molecular weight excluding hydrogens is 108 g/mol. The monoisotopic (exact) mass is 116 g/mol. The number of hydrogen-bond donors (Lipinski definition) is 1. The molecule has 0 aromatic rings. The quantitative estimate of drug-likeness (QED) is 0.411. The third kappa shape index (κ3) is 1.70. The van der Waals surface area contributed by atoms with Gasteiger partial charge in [0, 0.05) is 0 Å². The van der Waals surface area contributed by atoms with Gasteiger partial charge in [0.25, 0.3) is 5.70 Å². The Balaban J connectivity index is 3.92. The molecule has 0 saturated heterocycles. The van der Waals surface area contributed by atoms with Crippen LogP contribution in [0.5, 0.6) is 0 Å². The highest BCUT2D eigenvalue weighted by Gasteiger charge is 2.02. The molecule has 0 amide bonds. The van der Waals surface area contributed by atoms with Gasteiger partial charge >= 0.3 is 0 Å². The van der Waals surface area contributed by atoms with Crippen molar-refractivity contribution in [2.24, 2.45) is 5.73 Å². The maximum absolute atomic E-state index is 9.82. The molecule has 0 atom stereocenters. The fraction of sp³-hybridized carbons (Fsp3) is 0.500. The van der Waals surface area contributed by atoms with Crippen molar-refractivity contribution in [3.05, 3.63) is 21.9 Å². The van der Waals surface area contributed by atoms with E-state index < -0.39 is 4.92 Å². The highest BCUT2D eigenvalue weighted by atomic mass is 16.6. The van der Waals surface area contributed by atoms with Crippen molar-refractivity contribution in [1.82, 2.24) is 0 Å². The SMILES string of the molecule is C/C=C(/CN)[N+](=O)[O-]. The number of nitrogens with zero attached hydrogens (tertiary/aromatic N) is 1. The summed E-state index contributed by atoms with van der Waals surface area (Å²) >= 11 is 0. The maximum Gasteiger partial charge on any atom is 0.255 e. The van der Waals surface area contributed by atoms with E-state index >= 15 is 0 Å². The zero-order valence-electron chi connectivity index (χ0n) is 4.63. The van der Waals surface area contributed by atoms with Crippen molar-refractivity contribution >= 4 is 0 Å². The predicted molar refractivity (Wildman–Crippen MR) is 29.8 cm³/mol. The first-order valence-electron chi connectivity index (χ1n) is 2.22. The molecular formula is C4H8N2O2. The van der Waals surface area contributed by atoms with Crippen LogP contribution < -0.4 is 5.73 Å². The largest absolute Gasteiger partial charge is 0.321 e. The first-order chi connectivity index (χ1) is 3.72. The second-order valence-electron chi connectivity index (χ2n) is 1.24. The topological polar surface area (TPSA) is 69.2 Å². The smallest absolute Gasteiger partial charge is 0.255 e. The van der Waals surface area contributed by atoms with E-state index in [9.17, 15) is 10.1 Å². The van der Waals surface area contributed by atoms with Crippen molar-refractivity contribution < 1.29 is 4.92 Å². The first-order valence-corrected chi connectivity index (χ1v) is 2.22. The molecule has 0 rings (SSSR count). The van der Waals surface area contributed by atoms with Crippen molar-refractivity contribution in [1.29, 1.82) is 0 Å². The first kappa shape index (κ1) is 7.10. The molecule has 0 aliphatic heterocycles. The Morgan fingerprint density at radius 2 is 2.50 bits per heavy atom. The molecule has 0 fully saturated rings. The molecule has 0 radical (unpaired) electrons. The summed E-state index contributed by atoms with van der Waals surface area (Å²) in [5.41, 5.74) is 5.03. The van der Waals surface area contributed by atoms with Gasteiger partial charge in [-0.15, -0.1) is 0 Å². The molecule has 0 saturated carbocycles. The average Bonchev–Trinajstić information content (AvgIpc) is 1.69. The van der Waals surface area contributed by atoms with E-state index in [0.717, 1.165) is 0 Å². The molecule has 0 unspecified atom stereocenters. The van der Waals surface area contributed by atoms with E-state index in [1.165, 1.54) is 6.08 Å². The van der Waals surface area contributed by atoms with Crippen LogP contribution in [0.2, 0.25) is 0 Å². The number of nitrogens with two attached hydrogens (primary N) is 1. The van der Waals surface area contributed by atoms with Gasteiger partial charge in [0.2, 0.25) is 0 Å². The van der Waals surface area contributed by atoms with Crippen LogP contribution in [-0.2, 0) is 0 Å². The van der Waals surface area contributed by atoms with Gasteiger partial charge in [-0.1, -0.05) is 0 Å². The second kappa shape index (κ2) is 3.15. The normalized spacial score (nSPS) is 11.5. The molecule has 2 N–H and O–H groups in total. The maximum atomic E-state index is 9.82. The van der Waals surface area contributed by atoms with E-state index in [2.05, 4.69) is 0 Å². The van der Waals surface area contributed by atoms with Crippen LogP contribution in [0.3, 0.4) is 0 Å². The highest BCUT2D eigenvalue weighted by Crippen LogP contribution is 1.88. The summed E-state index contributed by atoms with van der Waals surface area (Å²) in [6.45, 7) is 1.59. The minimum absolute atomic E-state index is 0.00347. The van der Waals surface area contributed by atoms with E-state index in [4.69, 9.17) is 5.73 Å². The summed E-state index contributed by atoms with van der Waals surface area (Å²) in [4.78, 5) is 9.33. The average molecular weight is 116 g/mol. The molecule has 4 nitrogen and oxygen atoms in total. The zero-order chi connectivity index (χ0) is 6.57. The van der Waals surface area contributed by atoms with Gasteiger partial charge in [0.15, 0.2) is 0 Å². The molecule has 8 heavy (non-hydrogen) atoms. The Hall–Kier alpha value is -0.900. The fourth-order valence-corrected chi connectivity index (χ4v) is 0.298. The number of nitro groups is 1. The van der Waals surface area contributed by atoms with Gasteiger partial charge in [0.05, 0.1) is 11.5 Å². The van der Waals surface area contributed by atoms with Gasteiger partial charge in [-0.25, -0.2) is 0 Å². The van der Waals surface area contributed by atoms with Crippen molar-refractivity contribution in [2.75, 3.05) is 6.54 Å². The minimum atomic E-state index is -0.486. The Morgan fingerprint density at radius 3 is 2.50 bits per heavy atom. The van der Waals surface area contributed by atoms with Crippen LogP contribution in [0.1, 0.15) is 6.92 Å². The van der Waals surface area contributed by atoms with Gasteiger partial charge in [0.1, 0.15) is 0 Å². The molecule has 4 heteroatoms. The highest BCUT2D eigenvalue weighted by molar-refractivity contribution is 4.89. The third-order valence-corrected chi connectivity index (χ3v) is 0.777. The number of hydrogen-bond acceptors (Lipinski definition) is 3. The summed E-state index contributed by atoms with van der Waals surface area (Å²) in [6, 6.07) is 0. The van der Waals surface area contributed by atoms with Crippen LogP contribution in [0.25, 0.3) is 0 Å². The fourth-order valence-electron chi connectivity index (χ4n) is 0.298. The molecule has 0 bridgehead atoms. The molecule has 0 aromatic carbocycles.